The Morgan fingerprint density at radius 1 is 1.53 bits per heavy atom. The molecule has 15 heavy (non-hydrogen) atoms. The van der Waals surface area contributed by atoms with Crippen LogP contribution in [0, 0.1) is 5.41 Å². The Kier molecular flexibility index (Phi) is 2.47. The van der Waals surface area contributed by atoms with E-state index in [1.54, 1.807) is 13.3 Å². The Labute approximate surface area is 89.5 Å². The number of ketones is 1. The van der Waals surface area contributed by atoms with E-state index in [4.69, 9.17) is 4.74 Å². The number of carbonyl (C=O) groups is 1. The van der Waals surface area contributed by atoms with Gasteiger partial charge in [-0.25, -0.2) is 0 Å². The third kappa shape index (κ3) is 2.17. The fraction of sp³-hybridized carbons (Fsp3) is 0.500. The van der Waals surface area contributed by atoms with Gasteiger partial charge < -0.3 is 4.74 Å². The Morgan fingerprint density at radius 2 is 2.27 bits per heavy atom. The minimum atomic E-state index is -0.0540. The summed E-state index contributed by atoms with van der Waals surface area (Å²) < 4.78 is 5.01. The fourth-order valence-corrected chi connectivity index (χ4v) is 1.48. The van der Waals surface area contributed by atoms with Crippen molar-refractivity contribution >= 4 is 5.78 Å². The van der Waals surface area contributed by atoms with Gasteiger partial charge in [0.05, 0.1) is 13.3 Å². The van der Waals surface area contributed by atoms with Gasteiger partial charge in [-0.1, -0.05) is 6.92 Å². The van der Waals surface area contributed by atoms with E-state index in [1.807, 2.05) is 19.1 Å². The van der Waals surface area contributed by atoms with Gasteiger partial charge in [0, 0.05) is 17.5 Å². The number of ether oxygens (including phenoxy) is 1. The summed E-state index contributed by atoms with van der Waals surface area (Å²) in [5.74, 6) is 1.03. The zero-order valence-electron chi connectivity index (χ0n) is 9.12. The summed E-state index contributed by atoms with van der Waals surface area (Å²) in [7, 11) is 1.60. The highest BCUT2D eigenvalue weighted by Crippen LogP contribution is 2.46. The van der Waals surface area contributed by atoms with Crippen LogP contribution in [-0.2, 0) is 11.2 Å². The van der Waals surface area contributed by atoms with E-state index in [9.17, 15) is 4.79 Å². The fourth-order valence-electron chi connectivity index (χ4n) is 1.48. The number of rotatable bonds is 4. The van der Waals surface area contributed by atoms with Crippen LogP contribution in [-0.4, -0.2) is 17.9 Å². The molecule has 3 heteroatoms. The molecule has 0 aromatic carbocycles. The molecular weight excluding hydrogens is 190 g/mol. The molecule has 0 aliphatic heterocycles. The predicted molar refractivity (Wildman–Crippen MR) is 56.8 cm³/mol. The largest absolute Gasteiger partial charge is 0.495 e. The van der Waals surface area contributed by atoms with Crippen molar-refractivity contribution in [1.29, 1.82) is 0 Å². The average molecular weight is 205 g/mol. The lowest BCUT2D eigenvalue weighted by Crippen LogP contribution is -2.15. The van der Waals surface area contributed by atoms with E-state index in [1.165, 1.54) is 0 Å². The molecule has 3 nitrogen and oxygen atoms in total. The van der Waals surface area contributed by atoms with Gasteiger partial charge in [0.15, 0.2) is 0 Å². The summed E-state index contributed by atoms with van der Waals surface area (Å²) in [6, 6.07) is 3.69. The molecule has 0 spiro atoms. The molecule has 1 aromatic heterocycles. The molecule has 1 aromatic rings. The van der Waals surface area contributed by atoms with Gasteiger partial charge in [0.1, 0.15) is 11.5 Å². The molecule has 0 unspecified atom stereocenters. The maximum Gasteiger partial charge on any atom is 0.144 e. The molecule has 0 bridgehead atoms. The Morgan fingerprint density at radius 3 is 2.73 bits per heavy atom. The second-order valence-electron chi connectivity index (χ2n) is 4.35. The van der Waals surface area contributed by atoms with Crippen molar-refractivity contribution in [2.45, 2.75) is 26.2 Å². The van der Waals surface area contributed by atoms with Gasteiger partial charge >= 0.3 is 0 Å². The lowest BCUT2D eigenvalue weighted by atomic mass is 9.99. The Hall–Kier alpha value is -1.38. The standard InChI is InChI=1S/C12H15NO2/c1-12(5-6-12)11(14)7-9-3-4-10(15-2)8-13-9/h3-4,8H,5-7H2,1-2H3. The number of nitrogens with zero attached hydrogens (tertiary/aromatic N) is 1. The van der Waals surface area contributed by atoms with Crippen LogP contribution in [0.3, 0.4) is 0 Å². The molecule has 1 aliphatic carbocycles. The number of aromatic nitrogens is 1. The van der Waals surface area contributed by atoms with E-state index >= 15 is 0 Å². The maximum absolute atomic E-state index is 11.8. The summed E-state index contributed by atoms with van der Waals surface area (Å²) in [6.07, 6.45) is 4.16. The van der Waals surface area contributed by atoms with Crippen molar-refractivity contribution < 1.29 is 9.53 Å². The topological polar surface area (TPSA) is 39.2 Å². The van der Waals surface area contributed by atoms with E-state index in [2.05, 4.69) is 4.98 Å². The number of pyridine rings is 1. The monoisotopic (exact) mass is 205 g/mol. The average Bonchev–Trinajstić information content (AvgIpc) is 2.99. The number of carbonyl (C=O) groups excluding carboxylic acids is 1. The summed E-state index contributed by atoms with van der Waals surface area (Å²) in [5, 5.41) is 0. The number of methoxy groups -OCH3 is 1. The van der Waals surface area contributed by atoms with Gasteiger partial charge in [-0.3, -0.25) is 9.78 Å². The van der Waals surface area contributed by atoms with Crippen molar-refractivity contribution in [3.63, 3.8) is 0 Å². The van der Waals surface area contributed by atoms with E-state index < -0.39 is 0 Å². The van der Waals surface area contributed by atoms with Crippen LogP contribution in [0.25, 0.3) is 0 Å². The Bertz CT molecular complexity index is 366. The van der Waals surface area contributed by atoms with Crippen LogP contribution in [0.2, 0.25) is 0 Å². The predicted octanol–water partition coefficient (Wildman–Crippen LogP) is 2.00. The molecule has 1 heterocycles. The second-order valence-corrected chi connectivity index (χ2v) is 4.35. The highest BCUT2D eigenvalue weighted by atomic mass is 16.5. The molecule has 0 saturated heterocycles. The smallest absolute Gasteiger partial charge is 0.144 e. The van der Waals surface area contributed by atoms with Crippen LogP contribution in [0.1, 0.15) is 25.5 Å². The van der Waals surface area contributed by atoms with E-state index in [-0.39, 0.29) is 5.41 Å². The summed E-state index contributed by atoms with van der Waals surface area (Å²) in [5.41, 5.74) is 0.774. The van der Waals surface area contributed by atoms with Crippen molar-refractivity contribution in [3.05, 3.63) is 24.0 Å². The van der Waals surface area contributed by atoms with Crippen LogP contribution in [0.4, 0.5) is 0 Å². The summed E-state index contributed by atoms with van der Waals surface area (Å²) >= 11 is 0. The van der Waals surface area contributed by atoms with Crippen molar-refractivity contribution in [2.75, 3.05) is 7.11 Å². The molecule has 0 atom stereocenters. The van der Waals surface area contributed by atoms with Crippen molar-refractivity contribution in [2.24, 2.45) is 5.41 Å². The first kappa shape index (κ1) is 10.1. The van der Waals surface area contributed by atoms with Crippen molar-refractivity contribution in [3.8, 4) is 5.75 Å². The van der Waals surface area contributed by atoms with Gasteiger partial charge in [0.25, 0.3) is 0 Å². The number of Topliss-reactive ketones (excluding diaryl/α,β-unsaturated/α-hetero) is 1. The first-order chi connectivity index (χ1) is 7.14. The molecule has 1 fully saturated rings. The molecule has 0 N–H and O–H groups in total. The quantitative estimate of drug-likeness (QED) is 0.754. The molecule has 1 saturated carbocycles. The van der Waals surface area contributed by atoms with Crippen LogP contribution < -0.4 is 4.74 Å². The van der Waals surface area contributed by atoms with Gasteiger partial charge in [-0.15, -0.1) is 0 Å². The van der Waals surface area contributed by atoms with Gasteiger partial charge in [0.2, 0.25) is 0 Å². The second kappa shape index (κ2) is 3.65. The lowest BCUT2D eigenvalue weighted by Gasteiger charge is -2.06. The SMILES string of the molecule is COc1ccc(CC(=O)C2(C)CC2)nc1. The normalized spacial score (nSPS) is 17.2. The first-order valence-corrected chi connectivity index (χ1v) is 5.16. The van der Waals surface area contributed by atoms with Gasteiger partial charge in [-0.05, 0) is 25.0 Å². The third-order valence-electron chi connectivity index (χ3n) is 3.05. The summed E-state index contributed by atoms with van der Waals surface area (Å²) in [4.78, 5) is 16.0. The number of hydrogen-bond donors (Lipinski definition) is 0. The van der Waals surface area contributed by atoms with Crippen LogP contribution in [0.15, 0.2) is 18.3 Å². The van der Waals surface area contributed by atoms with Crippen LogP contribution in [0.5, 0.6) is 5.75 Å². The molecule has 2 rings (SSSR count). The third-order valence-corrected chi connectivity index (χ3v) is 3.05. The zero-order chi connectivity index (χ0) is 10.9. The highest BCUT2D eigenvalue weighted by molar-refractivity contribution is 5.88. The molecule has 0 amide bonds. The Balaban J connectivity index is 2.01. The molecule has 0 radical (unpaired) electrons. The van der Waals surface area contributed by atoms with Crippen molar-refractivity contribution in [1.82, 2.24) is 4.98 Å². The number of hydrogen-bond acceptors (Lipinski definition) is 3. The highest BCUT2D eigenvalue weighted by Gasteiger charge is 2.44. The molecular formula is C12H15NO2. The molecule has 1 aliphatic rings. The minimum absolute atomic E-state index is 0.0540. The first-order valence-electron chi connectivity index (χ1n) is 5.16. The minimum Gasteiger partial charge on any atom is -0.495 e. The van der Waals surface area contributed by atoms with E-state index in [0.717, 1.165) is 24.3 Å². The van der Waals surface area contributed by atoms with Gasteiger partial charge in [-0.2, -0.15) is 0 Å². The van der Waals surface area contributed by atoms with Crippen LogP contribution >= 0.6 is 0 Å². The zero-order valence-corrected chi connectivity index (χ0v) is 9.12. The molecule has 80 valence electrons. The van der Waals surface area contributed by atoms with E-state index in [0.29, 0.717) is 12.2 Å². The maximum atomic E-state index is 11.8. The summed E-state index contributed by atoms with van der Waals surface area (Å²) in [6.45, 7) is 2.03. The lowest BCUT2D eigenvalue weighted by molar-refractivity contribution is -0.122.